The van der Waals surface area contributed by atoms with Crippen molar-refractivity contribution in [2.24, 2.45) is 5.92 Å². The number of piperazine rings is 1. The molecule has 6 nitrogen and oxygen atoms in total. The molecule has 3 aliphatic heterocycles. The fourth-order valence-electron chi connectivity index (χ4n) is 5.03. The summed E-state index contributed by atoms with van der Waals surface area (Å²) in [5.41, 5.74) is 1.15. The van der Waals surface area contributed by atoms with Gasteiger partial charge in [0.1, 0.15) is 5.78 Å². The number of rotatable bonds is 6. The molecule has 0 saturated carbocycles. The summed E-state index contributed by atoms with van der Waals surface area (Å²) < 4.78 is 0. The van der Waals surface area contributed by atoms with E-state index in [2.05, 4.69) is 28.5 Å². The van der Waals surface area contributed by atoms with Gasteiger partial charge in [-0.2, -0.15) is 0 Å². The molecule has 27 heavy (non-hydrogen) atoms. The van der Waals surface area contributed by atoms with Gasteiger partial charge < -0.3 is 4.90 Å². The molecule has 2 bridgehead atoms. The van der Waals surface area contributed by atoms with Crippen molar-refractivity contribution in [2.45, 2.75) is 71.1 Å². The number of ketones is 1. The molecule has 0 N–H and O–H groups in total. The van der Waals surface area contributed by atoms with E-state index in [9.17, 15) is 4.79 Å². The van der Waals surface area contributed by atoms with Crippen LogP contribution in [0.15, 0.2) is 12.4 Å². The van der Waals surface area contributed by atoms with Crippen LogP contribution in [0.1, 0.15) is 52.0 Å². The van der Waals surface area contributed by atoms with Gasteiger partial charge in [0, 0.05) is 74.6 Å². The van der Waals surface area contributed by atoms with Crippen molar-refractivity contribution in [3.05, 3.63) is 18.0 Å². The first-order valence-corrected chi connectivity index (χ1v) is 10.6. The van der Waals surface area contributed by atoms with Crippen LogP contribution in [0.5, 0.6) is 0 Å². The van der Waals surface area contributed by atoms with Gasteiger partial charge in [0.15, 0.2) is 0 Å². The second-order valence-corrected chi connectivity index (χ2v) is 8.77. The molecular weight excluding hydrogens is 338 g/mol. The molecule has 4 heterocycles. The second-order valence-electron chi connectivity index (χ2n) is 8.77. The zero-order valence-corrected chi connectivity index (χ0v) is 17.0. The molecular formula is C21H33N5O. The minimum absolute atomic E-state index is 0.225. The molecule has 0 spiro atoms. The van der Waals surface area contributed by atoms with Crippen LogP contribution in [0.2, 0.25) is 0 Å². The topological polar surface area (TPSA) is 52.6 Å². The van der Waals surface area contributed by atoms with E-state index in [0.29, 0.717) is 30.3 Å². The first-order chi connectivity index (χ1) is 13.0. The minimum Gasteiger partial charge on any atom is -0.332 e. The van der Waals surface area contributed by atoms with E-state index >= 15 is 0 Å². The van der Waals surface area contributed by atoms with E-state index in [1.54, 1.807) is 0 Å². The van der Waals surface area contributed by atoms with Crippen LogP contribution in [0.3, 0.4) is 0 Å². The maximum absolute atomic E-state index is 11.9. The Labute approximate surface area is 162 Å². The molecule has 1 aromatic rings. The predicted molar refractivity (Wildman–Crippen MR) is 107 cm³/mol. The van der Waals surface area contributed by atoms with Gasteiger partial charge in [-0.1, -0.05) is 6.92 Å². The average Bonchev–Trinajstić information content (AvgIpc) is 3.23. The molecule has 148 valence electrons. The Morgan fingerprint density at radius 2 is 1.78 bits per heavy atom. The number of carbonyl (C=O) groups is 1. The number of Topliss-reactive ketones (excluding diaryl/α,β-unsaturated/α-hetero) is 1. The van der Waals surface area contributed by atoms with Gasteiger partial charge in [-0.25, -0.2) is 9.97 Å². The number of likely N-dealkylation sites (tertiary alicyclic amines) is 2. The Morgan fingerprint density at radius 1 is 1.11 bits per heavy atom. The van der Waals surface area contributed by atoms with Gasteiger partial charge >= 0.3 is 0 Å². The Kier molecular flexibility index (Phi) is 5.46. The van der Waals surface area contributed by atoms with Crippen molar-refractivity contribution in [1.82, 2.24) is 19.8 Å². The zero-order valence-electron chi connectivity index (χ0n) is 17.0. The van der Waals surface area contributed by atoms with Crippen LogP contribution in [0.25, 0.3) is 0 Å². The lowest BCUT2D eigenvalue weighted by Gasteiger charge is -2.42. The highest BCUT2D eigenvalue weighted by atomic mass is 16.1. The highest BCUT2D eigenvalue weighted by molar-refractivity contribution is 5.81. The van der Waals surface area contributed by atoms with Gasteiger partial charge in [0.2, 0.25) is 5.95 Å². The van der Waals surface area contributed by atoms with Crippen LogP contribution < -0.4 is 4.90 Å². The van der Waals surface area contributed by atoms with Crippen LogP contribution in [-0.4, -0.2) is 69.9 Å². The number of carbonyl (C=O) groups excluding carboxylic acids is 1. The van der Waals surface area contributed by atoms with Crippen LogP contribution in [0.4, 0.5) is 5.95 Å². The smallest absolute Gasteiger partial charge is 0.225 e. The molecule has 1 aromatic heterocycles. The van der Waals surface area contributed by atoms with E-state index in [0.717, 1.165) is 50.7 Å². The van der Waals surface area contributed by atoms with Crippen molar-refractivity contribution >= 4 is 11.7 Å². The molecule has 0 aromatic carbocycles. The Bertz CT molecular complexity index is 647. The van der Waals surface area contributed by atoms with Crippen LogP contribution in [-0.2, 0) is 11.3 Å². The second kappa shape index (κ2) is 7.84. The number of hydrogen-bond donors (Lipinski definition) is 0. The van der Waals surface area contributed by atoms with Gasteiger partial charge in [0.25, 0.3) is 0 Å². The summed E-state index contributed by atoms with van der Waals surface area (Å²) in [4.78, 5) is 28.8. The van der Waals surface area contributed by atoms with Gasteiger partial charge in [-0.15, -0.1) is 0 Å². The first-order valence-electron chi connectivity index (χ1n) is 10.6. The van der Waals surface area contributed by atoms with Crippen molar-refractivity contribution in [3.8, 4) is 0 Å². The summed E-state index contributed by atoms with van der Waals surface area (Å²) in [5.74, 6) is 1.53. The maximum atomic E-state index is 11.9. The highest BCUT2D eigenvalue weighted by Crippen LogP contribution is 2.33. The monoisotopic (exact) mass is 371 g/mol. The fourth-order valence-corrected chi connectivity index (χ4v) is 5.03. The van der Waals surface area contributed by atoms with E-state index < -0.39 is 0 Å². The number of aromatic nitrogens is 2. The molecule has 3 fully saturated rings. The van der Waals surface area contributed by atoms with E-state index in [-0.39, 0.29) is 5.92 Å². The first kappa shape index (κ1) is 18.8. The lowest BCUT2D eigenvalue weighted by molar-refractivity contribution is -0.122. The SMILES string of the molecule is CCC(=O)[C@@H]1CCN(Cc2cnc(N3C4CCC3CN(C(C)C)C4)nc2)C1. The van der Waals surface area contributed by atoms with E-state index in [1.165, 1.54) is 12.8 Å². The summed E-state index contributed by atoms with van der Waals surface area (Å²) in [5, 5.41) is 0. The minimum atomic E-state index is 0.225. The molecule has 6 heteroatoms. The number of anilines is 1. The summed E-state index contributed by atoms with van der Waals surface area (Å²) in [6.45, 7) is 11.5. The third kappa shape index (κ3) is 3.87. The van der Waals surface area contributed by atoms with Gasteiger partial charge in [-0.05, 0) is 39.7 Å². The summed E-state index contributed by atoms with van der Waals surface area (Å²) in [7, 11) is 0. The zero-order chi connectivity index (χ0) is 19.0. The van der Waals surface area contributed by atoms with Crippen molar-refractivity contribution in [2.75, 3.05) is 31.1 Å². The maximum Gasteiger partial charge on any atom is 0.225 e. The molecule has 0 radical (unpaired) electrons. The third-order valence-corrected chi connectivity index (χ3v) is 6.65. The summed E-state index contributed by atoms with van der Waals surface area (Å²) >= 11 is 0. The summed E-state index contributed by atoms with van der Waals surface area (Å²) in [6.07, 6.45) is 8.13. The van der Waals surface area contributed by atoms with E-state index in [1.807, 2.05) is 19.3 Å². The van der Waals surface area contributed by atoms with Gasteiger partial charge in [-0.3, -0.25) is 14.6 Å². The van der Waals surface area contributed by atoms with Crippen LogP contribution in [0, 0.1) is 5.92 Å². The molecule has 4 rings (SSSR count). The molecule has 3 aliphatic rings. The Morgan fingerprint density at radius 3 is 2.37 bits per heavy atom. The van der Waals surface area contributed by atoms with Crippen LogP contribution >= 0.6 is 0 Å². The number of fused-ring (bicyclic) bond motifs is 2. The number of nitrogens with zero attached hydrogens (tertiary/aromatic N) is 5. The Hall–Kier alpha value is -1.53. The standard InChI is InChI=1S/C21H33N5O/c1-4-20(27)17-7-8-24(12-17)11-16-9-22-21(23-10-16)26-18-5-6-19(26)14-25(13-18)15(2)3/h9-10,15,17-19H,4-8,11-14H2,1-3H3/t17-,18?,19?/m1/s1. The third-order valence-electron chi connectivity index (χ3n) is 6.65. The molecule has 3 atom stereocenters. The Balaban J connectivity index is 1.37. The normalized spacial score (nSPS) is 29.0. The van der Waals surface area contributed by atoms with Crippen molar-refractivity contribution in [3.63, 3.8) is 0 Å². The predicted octanol–water partition coefficient (Wildman–Crippen LogP) is 2.34. The largest absolute Gasteiger partial charge is 0.332 e. The molecule has 0 amide bonds. The van der Waals surface area contributed by atoms with Crippen molar-refractivity contribution < 1.29 is 4.79 Å². The van der Waals surface area contributed by atoms with Crippen molar-refractivity contribution in [1.29, 1.82) is 0 Å². The quantitative estimate of drug-likeness (QED) is 0.765. The lowest BCUT2D eigenvalue weighted by atomic mass is 10.0. The molecule has 0 aliphatic carbocycles. The van der Waals surface area contributed by atoms with E-state index in [4.69, 9.17) is 9.97 Å². The average molecular weight is 372 g/mol. The highest BCUT2D eigenvalue weighted by Gasteiger charge is 2.41. The summed E-state index contributed by atoms with van der Waals surface area (Å²) in [6, 6.07) is 1.72. The fraction of sp³-hybridized carbons (Fsp3) is 0.762. The molecule has 2 unspecified atom stereocenters. The number of hydrogen-bond acceptors (Lipinski definition) is 6. The van der Waals surface area contributed by atoms with Gasteiger partial charge in [0.05, 0.1) is 0 Å². The lowest BCUT2D eigenvalue weighted by Crippen LogP contribution is -2.56. The molecule has 3 saturated heterocycles.